The number of rotatable bonds is 6. The van der Waals surface area contributed by atoms with Gasteiger partial charge in [-0.1, -0.05) is 48.5 Å². The van der Waals surface area contributed by atoms with Gasteiger partial charge in [0.25, 0.3) is 5.91 Å². The third-order valence-electron chi connectivity index (χ3n) is 4.62. The van der Waals surface area contributed by atoms with Crippen LogP contribution in [0.2, 0.25) is 0 Å². The lowest BCUT2D eigenvalue weighted by Crippen LogP contribution is -2.52. The summed E-state index contributed by atoms with van der Waals surface area (Å²) in [5, 5.41) is 2.75. The van der Waals surface area contributed by atoms with Gasteiger partial charge in [0.05, 0.1) is 25.1 Å². The van der Waals surface area contributed by atoms with Crippen LogP contribution in [0.3, 0.4) is 0 Å². The molecule has 2 aromatic carbocycles. The molecule has 0 saturated carbocycles. The molecule has 0 fully saturated rings. The molecule has 8 heteroatoms. The normalized spacial score (nSPS) is 17.8. The Hall–Kier alpha value is -3.00. The maximum Gasteiger partial charge on any atom is 0.409 e. The zero-order chi connectivity index (χ0) is 22.6. The van der Waals surface area contributed by atoms with Crippen molar-refractivity contribution in [1.82, 2.24) is 5.32 Å². The summed E-state index contributed by atoms with van der Waals surface area (Å²) >= 11 is 1.01. The largest absolute Gasteiger partial charge is 0.468 e. The molecule has 0 radical (unpaired) electrons. The van der Waals surface area contributed by atoms with Crippen LogP contribution in [0.4, 0.5) is 10.5 Å². The topological polar surface area (TPSA) is 84.9 Å². The van der Waals surface area contributed by atoms with Gasteiger partial charge < -0.3 is 14.4 Å². The van der Waals surface area contributed by atoms with Crippen molar-refractivity contribution in [1.29, 1.82) is 0 Å². The zero-order valence-electron chi connectivity index (χ0n) is 18.0. The molecule has 2 aromatic rings. The van der Waals surface area contributed by atoms with Gasteiger partial charge in [-0.2, -0.15) is 0 Å². The third kappa shape index (κ3) is 5.02. The Morgan fingerprint density at radius 1 is 1.06 bits per heavy atom. The Kier molecular flexibility index (Phi) is 6.59. The second-order valence-corrected chi connectivity index (χ2v) is 9.26. The fourth-order valence-corrected chi connectivity index (χ4v) is 4.48. The lowest BCUT2D eigenvalue weighted by Gasteiger charge is -2.30. The number of hydrogen-bond acceptors (Lipinski definition) is 6. The first-order valence-corrected chi connectivity index (χ1v) is 10.8. The predicted octanol–water partition coefficient (Wildman–Crippen LogP) is 3.82. The molecule has 7 nitrogen and oxygen atoms in total. The van der Waals surface area contributed by atoms with Gasteiger partial charge in [-0.25, -0.2) is 4.79 Å². The molecule has 0 aliphatic carbocycles. The second kappa shape index (κ2) is 9.01. The van der Waals surface area contributed by atoms with Crippen molar-refractivity contribution >= 4 is 35.4 Å². The maximum atomic E-state index is 13.8. The van der Waals surface area contributed by atoms with Gasteiger partial charge in [0.2, 0.25) is 0 Å². The predicted molar refractivity (Wildman–Crippen MR) is 120 cm³/mol. The van der Waals surface area contributed by atoms with Crippen LogP contribution in [0, 0.1) is 0 Å². The number of methoxy groups -OCH3 is 1. The smallest absolute Gasteiger partial charge is 0.409 e. The number of hydrogen-bond donors (Lipinski definition) is 1. The number of alkyl carbamates (subject to hydrolysis) is 1. The Balaban J connectivity index is 2.02. The number of amides is 2. The van der Waals surface area contributed by atoms with Crippen LogP contribution in [0.5, 0.6) is 0 Å². The van der Waals surface area contributed by atoms with E-state index in [-0.39, 0.29) is 11.7 Å². The molecule has 0 bridgehead atoms. The minimum absolute atomic E-state index is 0.119. The van der Waals surface area contributed by atoms with E-state index in [4.69, 9.17) is 9.47 Å². The van der Waals surface area contributed by atoms with Gasteiger partial charge in [0.1, 0.15) is 5.60 Å². The van der Waals surface area contributed by atoms with E-state index in [0.29, 0.717) is 17.8 Å². The van der Waals surface area contributed by atoms with Gasteiger partial charge in [-0.05, 0) is 32.4 Å². The number of ether oxygens (including phenoxy) is 2. The highest BCUT2D eigenvalue weighted by molar-refractivity contribution is 8.01. The molecule has 0 unspecified atom stereocenters. The fraction of sp³-hybridized carbons (Fsp3) is 0.348. The first-order valence-electron chi connectivity index (χ1n) is 9.83. The van der Waals surface area contributed by atoms with Crippen LogP contribution >= 0.6 is 11.8 Å². The molecule has 0 spiro atoms. The van der Waals surface area contributed by atoms with E-state index in [1.165, 1.54) is 7.11 Å². The van der Waals surface area contributed by atoms with Gasteiger partial charge in [0.15, 0.2) is 4.87 Å². The highest BCUT2D eigenvalue weighted by atomic mass is 32.2. The minimum Gasteiger partial charge on any atom is -0.468 e. The van der Waals surface area contributed by atoms with Crippen molar-refractivity contribution in [2.24, 2.45) is 0 Å². The SMILES string of the molecule is COC(=O)CS[C@@]1(NC(=O)OC(C)(C)C)C(=O)N(Cc2ccccc2)c2ccccc21. The molecule has 1 aliphatic rings. The molecule has 0 saturated heterocycles. The third-order valence-corrected chi connectivity index (χ3v) is 5.92. The fourth-order valence-electron chi connectivity index (χ4n) is 3.31. The van der Waals surface area contributed by atoms with Gasteiger partial charge in [-0.15, -0.1) is 11.8 Å². The van der Waals surface area contributed by atoms with Crippen molar-refractivity contribution in [3.05, 3.63) is 65.7 Å². The lowest BCUT2D eigenvalue weighted by molar-refractivity contribution is -0.137. The summed E-state index contributed by atoms with van der Waals surface area (Å²) in [6.07, 6.45) is -0.741. The summed E-state index contributed by atoms with van der Waals surface area (Å²) in [5.41, 5.74) is 1.46. The first-order chi connectivity index (χ1) is 14.7. The zero-order valence-corrected chi connectivity index (χ0v) is 18.8. The minimum atomic E-state index is -1.51. The summed E-state index contributed by atoms with van der Waals surface area (Å²) in [6, 6.07) is 16.8. The number of carbonyl (C=O) groups excluding carboxylic acids is 3. The number of nitrogens with one attached hydrogen (secondary N) is 1. The van der Waals surface area contributed by atoms with E-state index in [1.807, 2.05) is 42.5 Å². The quantitative estimate of drug-likeness (QED) is 0.541. The molecular weight excluding hydrogens is 416 g/mol. The molecule has 1 heterocycles. The average Bonchev–Trinajstić information content (AvgIpc) is 2.94. The summed E-state index contributed by atoms with van der Waals surface area (Å²) in [7, 11) is 1.28. The number of nitrogens with zero attached hydrogens (tertiary/aromatic N) is 1. The Morgan fingerprint density at radius 3 is 2.35 bits per heavy atom. The molecule has 2 amide bonds. The summed E-state index contributed by atoms with van der Waals surface area (Å²) in [6.45, 7) is 5.56. The number of para-hydroxylation sites is 1. The number of fused-ring (bicyclic) bond motifs is 1. The molecule has 1 atom stereocenters. The van der Waals surface area contributed by atoms with E-state index in [1.54, 1.807) is 37.8 Å². The molecule has 164 valence electrons. The average molecular weight is 443 g/mol. The van der Waals surface area contributed by atoms with Crippen LogP contribution < -0.4 is 10.2 Å². The van der Waals surface area contributed by atoms with Crippen molar-refractivity contribution in [3.8, 4) is 0 Å². The Bertz CT molecular complexity index is 973. The van der Waals surface area contributed by atoms with E-state index in [0.717, 1.165) is 17.3 Å². The summed E-state index contributed by atoms with van der Waals surface area (Å²) < 4.78 is 10.2. The van der Waals surface area contributed by atoms with E-state index < -0.39 is 22.5 Å². The van der Waals surface area contributed by atoms with Crippen LogP contribution in [0.15, 0.2) is 54.6 Å². The summed E-state index contributed by atoms with van der Waals surface area (Å²) in [5.74, 6) is -0.967. The summed E-state index contributed by atoms with van der Waals surface area (Å²) in [4.78, 5) is 38.5. The van der Waals surface area contributed by atoms with Gasteiger partial charge >= 0.3 is 12.1 Å². The number of carbonyl (C=O) groups is 3. The standard InChI is InChI=1S/C23H26N2O5S/c1-22(2,3)30-21(28)24-23(31-15-19(26)29-4)17-12-8-9-13-18(17)25(20(23)27)14-16-10-6-5-7-11-16/h5-13H,14-15H2,1-4H3,(H,24,28)/t23-/m1/s1. The van der Waals surface area contributed by atoms with Crippen molar-refractivity contribution in [2.45, 2.75) is 37.8 Å². The van der Waals surface area contributed by atoms with Crippen LogP contribution in [-0.4, -0.2) is 36.4 Å². The number of anilines is 1. The second-order valence-electron chi connectivity index (χ2n) is 8.07. The molecular formula is C23H26N2O5S. The van der Waals surface area contributed by atoms with Crippen LogP contribution in [0.1, 0.15) is 31.9 Å². The molecule has 1 N–H and O–H groups in total. The van der Waals surface area contributed by atoms with E-state index >= 15 is 0 Å². The monoisotopic (exact) mass is 442 g/mol. The highest BCUT2D eigenvalue weighted by Crippen LogP contribution is 2.47. The van der Waals surface area contributed by atoms with Crippen molar-refractivity contribution in [3.63, 3.8) is 0 Å². The number of thioether (sulfide) groups is 1. The Morgan fingerprint density at radius 2 is 1.71 bits per heavy atom. The van der Waals surface area contributed by atoms with E-state index in [2.05, 4.69) is 5.32 Å². The van der Waals surface area contributed by atoms with Gasteiger partial charge in [-0.3, -0.25) is 14.9 Å². The molecule has 31 heavy (non-hydrogen) atoms. The van der Waals surface area contributed by atoms with Crippen molar-refractivity contribution in [2.75, 3.05) is 17.8 Å². The number of esters is 1. The van der Waals surface area contributed by atoms with Crippen LogP contribution in [-0.2, 0) is 30.5 Å². The van der Waals surface area contributed by atoms with Gasteiger partial charge in [0, 0.05) is 5.56 Å². The first kappa shape index (κ1) is 22.7. The molecule has 3 rings (SSSR count). The molecule has 0 aromatic heterocycles. The molecule has 1 aliphatic heterocycles. The maximum absolute atomic E-state index is 13.8. The number of benzene rings is 2. The lowest BCUT2D eigenvalue weighted by atomic mass is 10.1. The van der Waals surface area contributed by atoms with Crippen molar-refractivity contribution < 1.29 is 23.9 Å². The van der Waals surface area contributed by atoms with Crippen LogP contribution in [0.25, 0.3) is 0 Å². The van der Waals surface area contributed by atoms with E-state index in [9.17, 15) is 14.4 Å². The highest BCUT2D eigenvalue weighted by Gasteiger charge is 2.53. The Labute approximate surface area is 186 Å².